The molecule has 25 heavy (non-hydrogen) atoms. The lowest BCUT2D eigenvalue weighted by atomic mass is 10.0. The second kappa shape index (κ2) is 8.39. The highest BCUT2D eigenvalue weighted by Crippen LogP contribution is 2.24. The molecule has 0 bridgehead atoms. The topological polar surface area (TPSA) is 113 Å². The van der Waals surface area contributed by atoms with Gasteiger partial charge >= 0.3 is 0 Å². The standard InChI is InChI=1S/C16H15FN4O3S/c1-9(19)13(7-18)14(22)8-25-16-21-20-15(24-16)10(2)23-12-5-3-11(17)4-6-12/h3-6,10,13,19H,8H2,1-2H3/t10-,13-/m1/s1. The molecule has 2 aromatic rings. The number of carbonyl (C=O) groups excluding carboxylic acids is 1. The molecule has 1 heterocycles. The van der Waals surface area contributed by atoms with Gasteiger partial charge < -0.3 is 14.6 Å². The first-order valence-electron chi connectivity index (χ1n) is 7.26. The van der Waals surface area contributed by atoms with Crippen LogP contribution in [0.25, 0.3) is 0 Å². The fourth-order valence-electron chi connectivity index (χ4n) is 1.84. The Morgan fingerprint density at radius 2 is 2.12 bits per heavy atom. The van der Waals surface area contributed by atoms with Gasteiger partial charge in [-0.15, -0.1) is 10.2 Å². The summed E-state index contributed by atoms with van der Waals surface area (Å²) in [7, 11) is 0. The Morgan fingerprint density at radius 1 is 1.44 bits per heavy atom. The zero-order valence-electron chi connectivity index (χ0n) is 13.5. The van der Waals surface area contributed by atoms with Crippen LogP contribution in [0.2, 0.25) is 0 Å². The van der Waals surface area contributed by atoms with Gasteiger partial charge in [-0.05, 0) is 38.1 Å². The number of rotatable bonds is 8. The van der Waals surface area contributed by atoms with E-state index < -0.39 is 17.8 Å². The number of halogens is 1. The molecular weight excluding hydrogens is 347 g/mol. The number of nitriles is 1. The number of nitrogens with one attached hydrogen (secondary N) is 1. The van der Waals surface area contributed by atoms with Crippen molar-refractivity contribution in [2.45, 2.75) is 25.2 Å². The van der Waals surface area contributed by atoms with E-state index in [1.165, 1.54) is 31.2 Å². The molecule has 0 spiro atoms. The van der Waals surface area contributed by atoms with E-state index in [9.17, 15) is 9.18 Å². The van der Waals surface area contributed by atoms with Gasteiger partial charge in [0.15, 0.2) is 11.9 Å². The smallest absolute Gasteiger partial charge is 0.277 e. The average molecular weight is 362 g/mol. The van der Waals surface area contributed by atoms with E-state index >= 15 is 0 Å². The van der Waals surface area contributed by atoms with Crippen LogP contribution in [0, 0.1) is 28.5 Å². The first-order valence-corrected chi connectivity index (χ1v) is 8.25. The molecule has 0 saturated carbocycles. The minimum Gasteiger partial charge on any atom is -0.481 e. The summed E-state index contributed by atoms with van der Waals surface area (Å²) in [6.07, 6.45) is -0.557. The van der Waals surface area contributed by atoms with Crippen LogP contribution in [0.3, 0.4) is 0 Å². The van der Waals surface area contributed by atoms with Crippen molar-refractivity contribution in [2.75, 3.05) is 5.75 Å². The van der Waals surface area contributed by atoms with Crippen molar-refractivity contribution in [2.24, 2.45) is 5.92 Å². The number of Topliss-reactive ketones (excluding diaryl/α,β-unsaturated/α-hetero) is 1. The van der Waals surface area contributed by atoms with Crippen LogP contribution in [0.5, 0.6) is 5.75 Å². The molecule has 0 amide bonds. The largest absolute Gasteiger partial charge is 0.481 e. The number of benzene rings is 1. The maximum absolute atomic E-state index is 12.9. The third kappa shape index (κ3) is 5.12. The maximum atomic E-state index is 12.9. The van der Waals surface area contributed by atoms with Gasteiger partial charge in [0.25, 0.3) is 11.1 Å². The first kappa shape index (κ1) is 18.6. The molecule has 0 saturated heterocycles. The van der Waals surface area contributed by atoms with Gasteiger partial charge in [0, 0.05) is 5.71 Å². The number of thioether (sulfide) groups is 1. The number of ether oxygens (including phenoxy) is 1. The van der Waals surface area contributed by atoms with E-state index in [1.54, 1.807) is 13.0 Å². The predicted molar refractivity (Wildman–Crippen MR) is 88.0 cm³/mol. The average Bonchev–Trinajstić information content (AvgIpc) is 3.04. The number of ketones is 1. The highest BCUT2D eigenvalue weighted by molar-refractivity contribution is 7.99. The van der Waals surface area contributed by atoms with Crippen molar-refractivity contribution >= 4 is 23.3 Å². The van der Waals surface area contributed by atoms with Crippen molar-refractivity contribution in [3.05, 3.63) is 36.0 Å². The van der Waals surface area contributed by atoms with Crippen LogP contribution in [0.4, 0.5) is 4.39 Å². The third-order valence-electron chi connectivity index (χ3n) is 3.12. The summed E-state index contributed by atoms with van der Waals surface area (Å²) < 4.78 is 23.9. The summed E-state index contributed by atoms with van der Waals surface area (Å²) >= 11 is 0.993. The first-order chi connectivity index (χ1) is 11.9. The molecule has 0 aliphatic carbocycles. The number of hydrogen-bond donors (Lipinski definition) is 1. The zero-order valence-corrected chi connectivity index (χ0v) is 14.3. The number of hydrogen-bond acceptors (Lipinski definition) is 8. The van der Waals surface area contributed by atoms with Crippen LogP contribution >= 0.6 is 11.8 Å². The van der Waals surface area contributed by atoms with Gasteiger partial charge in [-0.3, -0.25) is 4.79 Å². The summed E-state index contributed by atoms with van der Waals surface area (Å²) in [6, 6.07) is 7.32. The molecule has 1 N–H and O–H groups in total. The Kier molecular flexibility index (Phi) is 6.25. The van der Waals surface area contributed by atoms with Crippen LogP contribution in [0.15, 0.2) is 33.9 Å². The van der Waals surface area contributed by atoms with Crippen LogP contribution in [-0.4, -0.2) is 27.4 Å². The van der Waals surface area contributed by atoms with E-state index in [0.29, 0.717) is 5.75 Å². The van der Waals surface area contributed by atoms with Gasteiger partial charge in [0.1, 0.15) is 17.5 Å². The van der Waals surface area contributed by atoms with Gasteiger partial charge in [-0.25, -0.2) is 4.39 Å². The molecule has 0 radical (unpaired) electrons. The molecule has 0 fully saturated rings. The quantitative estimate of drug-likeness (QED) is 0.566. The zero-order chi connectivity index (χ0) is 18.4. The molecule has 2 atom stereocenters. The molecule has 1 aromatic heterocycles. The third-order valence-corrected chi connectivity index (χ3v) is 3.96. The number of nitrogens with zero attached hydrogens (tertiary/aromatic N) is 3. The highest BCUT2D eigenvalue weighted by Gasteiger charge is 2.22. The Balaban J connectivity index is 1.93. The maximum Gasteiger partial charge on any atom is 0.277 e. The van der Waals surface area contributed by atoms with Crippen LogP contribution in [0.1, 0.15) is 25.8 Å². The van der Waals surface area contributed by atoms with E-state index in [2.05, 4.69) is 10.2 Å². The van der Waals surface area contributed by atoms with Gasteiger partial charge in [-0.2, -0.15) is 5.26 Å². The minimum absolute atomic E-state index is 0.000591. The second-order valence-electron chi connectivity index (χ2n) is 5.12. The molecular formula is C16H15FN4O3S. The molecule has 0 unspecified atom stereocenters. The lowest BCUT2D eigenvalue weighted by Gasteiger charge is -2.10. The summed E-state index contributed by atoms with van der Waals surface area (Å²) in [5.74, 6) is -1.21. The van der Waals surface area contributed by atoms with E-state index in [4.69, 9.17) is 19.8 Å². The van der Waals surface area contributed by atoms with E-state index in [1.807, 2.05) is 0 Å². The number of carbonyl (C=O) groups is 1. The monoisotopic (exact) mass is 362 g/mol. The Hall–Kier alpha value is -2.73. The lowest BCUT2D eigenvalue weighted by molar-refractivity contribution is -0.117. The van der Waals surface area contributed by atoms with Gasteiger partial charge in [0.05, 0.1) is 11.8 Å². The SMILES string of the molecule is CC(=N)[C@@H](C#N)C(=O)CSc1nnc([C@@H](C)Oc2ccc(F)cc2)o1. The Morgan fingerprint density at radius 3 is 2.72 bits per heavy atom. The van der Waals surface area contributed by atoms with Gasteiger partial charge in [0.2, 0.25) is 0 Å². The van der Waals surface area contributed by atoms with E-state index in [0.717, 1.165) is 11.8 Å². The fourth-order valence-corrected chi connectivity index (χ4v) is 2.51. The summed E-state index contributed by atoms with van der Waals surface area (Å²) in [5, 5.41) is 24.1. The minimum atomic E-state index is -1.06. The van der Waals surface area contributed by atoms with Crippen molar-refractivity contribution in [1.29, 1.82) is 10.7 Å². The second-order valence-corrected chi connectivity index (χ2v) is 6.05. The highest BCUT2D eigenvalue weighted by atomic mass is 32.2. The Labute approximate surface area is 147 Å². The van der Waals surface area contributed by atoms with E-state index in [-0.39, 0.29) is 28.4 Å². The molecule has 0 aliphatic heterocycles. The molecule has 1 aromatic carbocycles. The molecule has 0 aliphatic rings. The van der Waals surface area contributed by atoms with Gasteiger partial charge in [-0.1, -0.05) is 11.8 Å². The van der Waals surface area contributed by atoms with Crippen molar-refractivity contribution in [3.8, 4) is 11.8 Å². The summed E-state index contributed by atoms with van der Waals surface area (Å²) in [6.45, 7) is 3.11. The van der Waals surface area contributed by atoms with Crippen LogP contribution in [-0.2, 0) is 4.79 Å². The molecule has 7 nitrogen and oxygen atoms in total. The lowest BCUT2D eigenvalue weighted by Crippen LogP contribution is -2.21. The fraction of sp³-hybridized carbons (Fsp3) is 0.312. The molecule has 130 valence electrons. The van der Waals surface area contributed by atoms with Crippen molar-refractivity contribution < 1.29 is 18.3 Å². The normalized spacial score (nSPS) is 12.9. The Bertz CT molecular complexity index is 800. The molecule has 2 rings (SSSR count). The number of aromatic nitrogens is 2. The summed E-state index contributed by atoms with van der Waals surface area (Å²) in [5.41, 5.74) is 0.000591. The van der Waals surface area contributed by atoms with Crippen molar-refractivity contribution in [3.63, 3.8) is 0 Å². The predicted octanol–water partition coefficient (Wildman–Crippen LogP) is 3.19. The van der Waals surface area contributed by atoms with Crippen molar-refractivity contribution in [1.82, 2.24) is 10.2 Å². The molecule has 9 heteroatoms. The van der Waals surface area contributed by atoms with Crippen LogP contribution < -0.4 is 4.74 Å². The summed E-state index contributed by atoms with van der Waals surface area (Å²) in [4.78, 5) is 11.9.